The molecule has 19 heavy (non-hydrogen) atoms. The summed E-state index contributed by atoms with van der Waals surface area (Å²) >= 11 is 5.82. The molecule has 0 spiro atoms. The lowest BCUT2D eigenvalue weighted by Gasteiger charge is -2.31. The van der Waals surface area contributed by atoms with Crippen LogP contribution >= 0.6 is 11.6 Å². The highest BCUT2D eigenvalue weighted by Crippen LogP contribution is 2.32. The second kappa shape index (κ2) is 4.98. The van der Waals surface area contributed by atoms with E-state index in [-0.39, 0.29) is 10.7 Å². The van der Waals surface area contributed by atoms with Crippen LogP contribution in [0.25, 0.3) is 0 Å². The number of nitro benzene ring substituents is 1. The van der Waals surface area contributed by atoms with Crippen molar-refractivity contribution in [1.29, 1.82) is 0 Å². The summed E-state index contributed by atoms with van der Waals surface area (Å²) in [6, 6.07) is 5.35. The van der Waals surface area contributed by atoms with Crippen molar-refractivity contribution in [2.45, 2.75) is 18.9 Å². The van der Waals surface area contributed by atoms with Crippen LogP contribution in [0.3, 0.4) is 0 Å². The van der Waals surface area contributed by atoms with Gasteiger partial charge in [-0.3, -0.25) is 10.1 Å². The average molecular weight is 282 g/mol. The number of nitro groups is 1. The molecule has 3 atom stereocenters. The Balaban J connectivity index is 1.76. The van der Waals surface area contributed by atoms with Gasteiger partial charge in [-0.2, -0.15) is 0 Å². The quantitative estimate of drug-likeness (QED) is 0.684. The lowest BCUT2D eigenvalue weighted by Crippen LogP contribution is -2.39. The van der Waals surface area contributed by atoms with E-state index in [0.717, 1.165) is 25.2 Å². The second-order valence-corrected chi connectivity index (χ2v) is 5.72. The van der Waals surface area contributed by atoms with Gasteiger partial charge < -0.3 is 10.2 Å². The number of benzene rings is 1. The van der Waals surface area contributed by atoms with Crippen molar-refractivity contribution in [1.82, 2.24) is 4.90 Å². The van der Waals surface area contributed by atoms with E-state index in [1.165, 1.54) is 19.0 Å². The average Bonchev–Trinajstić information content (AvgIpc) is 2.77. The number of fused-ring (bicyclic) bond motifs is 2. The Hall–Kier alpha value is -1.33. The Labute approximate surface area is 116 Å². The largest absolute Gasteiger partial charge is 0.382 e. The molecule has 0 aliphatic carbocycles. The van der Waals surface area contributed by atoms with Crippen LogP contribution in [0.1, 0.15) is 12.8 Å². The fourth-order valence-corrected chi connectivity index (χ4v) is 3.28. The zero-order chi connectivity index (χ0) is 13.4. The summed E-state index contributed by atoms with van der Waals surface area (Å²) in [7, 11) is 0. The van der Waals surface area contributed by atoms with E-state index >= 15 is 0 Å². The molecule has 0 amide bonds. The number of hydrogen-bond donors (Lipinski definition) is 1. The van der Waals surface area contributed by atoms with Crippen LogP contribution in [0.2, 0.25) is 5.02 Å². The van der Waals surface area contributed by atoms with Crippen LogP contribution in [0.15, 0.2) is 18.2 Å². The van der Waals surface area contributed by atoms with E-state index in [4.69, 9.17) is 11.6 Å². The van der Waals surface area contributed by atoms with Crippen molar-refractivity contribution >= 4 is 23.0 Å². The van der Waals surface area contributed by atoms with E-state index in [9.17, 15) is 10.1 Å². The molecule has 102 valence electrons. The summed E-state index contributed by atoms with van der Waals surface area (Å²) in [5, 5.41) is 14.5. The highest BCUT2D eigenvalue weighted by molar-refractivity contribution is 6.32. The molecule has 1 N–H and O–H groups in total. The predicted molar refractivity (Wildman–Crippen MR) is 74.7 cm³/mol. The molecule has 5 nitrogen and oxygen atoms in total. The first kappa shape index (κ1) is 12.7. The SMILES string of the molecule is O=[N+]([O-])c1cc(NC2CCN3CCC2C3)ccc1Cl. The molecule has 2 saturated heterocycles. The zero-order valence-corrected chi connectivity index (χ0v) is 11.3. The van der Waals surface area contributed by atoms with Crippen molar-refractivity contribution in [2.24, 2.45) is 5.92 Å². The molecule has 3 rings (SSSR count). The Morgan fingerprint density at radius 3 is 2.95 bits per heavy atom. The zero-order valence-electron chi connectivity index (χ0n) is 10.5. The Kier molecular flexibility index (Phi) is 3.33. The van der Waals surface area contributed by atoms with Crippen LogP contribution in [-0.4, -0.2) is 35.5 Å². The number of rotatable bonds is 3. The minimum absolute atomic E-state index is 0.0319. The number of anilines is 1. The van der Waals surface area contributed by atoms with Crippen LogP contribution in [0, 0.1) is 16.0 Å². The third-order valence-electron chi connectivity index (χ3n) is 4.13. The number of nitrogens with zero attached hydrogens (tertiary/aromatic N) is 2. The molecule has 0 saturated carbocycles. The smallest absolute Gasteiger partial charge is 0.289 e. The first-order chi connectivity index (χ1) is 9.13. The Morgan fingerprint density at radius 2 is 2.16 bits per heavy atom. The highest BCUT2D eigenvalue weighted by Gasteiger charge is 2.34. The molecule has 6 heteroatoms. The summed E-state index contributed by atoms with van der Waals surface area (Å²) in [5.74, 6) is 0.656. The molecule has 2 heterocycles. The third-order valence-corrected chi connectivity index (χ3v) is 4.45. The number of nitrogens with one attached hydrogen (secondary N) is 1. The number of hydrogen-bond acceptors (Lipinski definition) is 4. The van der Waals surface area contributed by atoms with E-state index in [2.05, 4.69) is 10.2 Å². The van der Waals surface area contributed by atoms with Crippen molar-refractivity contribution in [2.75, 3.05) is 25.0 Å². The van der Waals surface area contributed by atoms with E-state index in [1.54, 1.807) is 6.07 Å². The Morgan fingerprint density at radius 1 is 1.37 bits per heavy atom. The maximum atomic E-state index is 10.9. The van der Waals surface area contributed by atoms with Crippen molar-refractivity contribution in [3.8, 4) is 0 Å². The Bertz CT molecular complexity index is 509. The minimum atomic E-state index is -0.439. The fraction of sp³-hybridized carbons (Fsp3) is 0.538. The first-order valence-electron chi connectivity index (χ1n) is 6.56. The lowest BCUT2D eigenvalue weighted by molar-refractivity contribution is -0.384. The first-order valence-corrected chi connectivity index (χ1v) is 6.94. The normalized spacial score (nSPS) is 29.2. The van der Waals surface area contributed by atoms with Crippen LogP contribution in [0.4, 0.5) is 11.4 Å². The molecule has 2 aliphatic heterocycles. The number of piperidine rings is 1. The summed E-state index contributed by atoms with van der Waals surface area (Å²) in [4.78, 5) is 12.9. The molecular weight excluding hydrogens is 266 g/mol. The van der Waals surface area contributed by atoms with Gasteiger partial charge in [0.1, 0.15) is 5.02 Å². The van der Waals surface area contributed by atoms with E-state index in [1.807, 2.05) is 6.07 Å². The maximum Gasteiger partial charge on any atom is 0.289 e. The predicted octanol–water partition coefficient (Wildman–Crippen LogP) is 2.75. The molecule has 1 aromatic rings. The van der Waals surface area contributed by atoms with Gasteiger partial charge in [0.2, 0.25) is 0 Å². The molecule has 2 aliphatic rings. The van der Waals surface area contributed by atoms with Crippen molar-refractivity contribution in [3.63, 3.8) is 0 Å². The molecule has 2 fully saturated rings. The monoisotopic (exact) mass is 281 g/mol. The van der Waals surface area contributed by atoms with Gasteiger partial charge in [-0.05, 0) is 37.4 Å². The van der Waals surface area contributed by atoms with Gasteiger partial charge in [0, 0.05) is 30.9 Å². The van der Waals surface area contributed by atoms with Gasteiger partial charge in [-0.25, -0.2) is 0 Å². The summed E-state index contributed by atoms with van der Waals surface area (Å²) in [6.07, 6.45) is 2.31. The van der Waals surface area contributed by atoms with Gasteiger partial charge in [-0.1, -0.05) is 11.6 Å². The summed E-state index contributed by atoms with van der Waals surface area (Å²) in [5.41, 5.74) is 0.761. The van der Waals surface area contributed by atoms with Gasteiger partial charge >= 0.3 is 0 Å². The highest BCUT2D eigenvalue weighted by atomic mass is 35.5. The number of halogens is 1. The van der Waals surface area contributed by atoms with Crippen LogP contribution in [0.5, 0.6) is 0 Å². The minimum Gasteiger partial charge on any atom is -0.382 e. The van der Waals surface area contributed by atoms with Crippen LogP contribution < -0.4 is 5.32 Å². The molecule has 3 unspecified atom stereocenters. The standard InChI is InChI=1S/C13H16ClN3O2/c14-11-2-1-10(7-13(11)17(18)19)15-12-4-6-16-5-3-9(12)8-16/h1-2,7,9,12,15H,3-6,8H2. The van der Waals surface area contributed by atoms with Gasteiger partial charge in [-0.15, -0.1) is 0 Å². The van der Waals surface area contributed by atoms with Gasteiger partial charge in [0.25, 0.3) is 5.69 Å². The van der Waals surface area contributed by atoms with E-state index < -0.39 is 4.92 Å². The maximum absolute atomic E-state index is 10.9. The van der Waals surface area contributed by atoms with E-state index in [0.29, 0.717) is 12.0 Å². The van der Waals surface area contributed by atoms with Gasteiger partial charge in [0.05, 0.1) is 4.92 Å². The lowest BCUT2D eigenvalue weighted by atomic mass is 9.94. The fourth-order valence-electron chi connectivity index (χ4n) is 3.10. The third kappa shape index (κ3) is 2.53. The summed E-state index contributed by atoms with van der Waals surface area (Å²) < 4.78 is 0. The molecular formula is C13H16ClN3O2. The van der Waals surface area contributed by atoms with Crippen molar-refractivity contribution in [3.05, 3.63) is 33.3 Å². The molecule has 2 bridgehead atoms. The molecule has 1 aromatic carbocycles. The summed E-state index contributed by atoms with van der Waals surface area (Å²) in [6.45, 7) is 3.45. The van der Waals surface area contributed by atoms with Crippen molar-refractivity contribution < 1.29 is 4.92 Å². The van der Waals surface area contributed by atoms with Crippen LogP contribution in [-0.2, 0) is 0 Å². The topological polar surface area (TPSA) is 58.4 Å². The molecule has 0 radical (unpaired) electrons. The molecule has 0 aromatic heterocycles. The second-order valence-electron chi connectivity index (χ2n) is 5.31. The van der Waals surface area contributed by atoms with Gasteiger partial charge in [0.15, 0.2) is 0 Å².